The van der Waals surface area contributed by atoms with Gasteiger partial charge in [-0.15, -0.1) is 0 Å². The van der Waals surface area contributed by atoms with E-state index >= 15 is 0 Å². The Hall–Kier alpha value is -0.0800. The van der Waals surface area contributed by atoms with E-state index in [1.54, 1.807) is 0 Å². The third kappa shape index (κ3) is 3.03. The maximum absolute atomic E-state index is 3.56. The number of likely N-dealkylation sites (N-methyl/N-ethyl adjacent to an activating group) is 1. The van der Waals surface area contributed by atoms with Gasteiger partial charge in [0.05, 0.1) is 0 Å². The molecule has 0 amide bonds. The number of rotatable bonds is 4. The molecular formula is C15H30N2. The normalized spacial score (nSPS) is 28.4. The van der Waals surface area contributed by atoms with Crippen LogP contribution in [-0.4, -0.2) is 36.6 Å². The average Bonchev–Trinajstić information content (AvgIpc) is 2.78. The van der Waals surface area contributed by atoms with Crippen LogP contribution >= 0.6 is 0 Å². The molecule has 0 aromatic heterocycles. The van der Waals surface area contributed by atoms with Gasteiger partial charge in [-0.2, -0.15) is 0 Å². The van der Waals surface area contributed by atoms with E-state index < -0.39 is 0 Å². The highest BCUT2D eigenvalue weighted by Crippen LogP contribution is 2.46. The molecule has 2 nitrogen and oxygen atoms in total. The zero-order valence-electron chi connectivity index (χ0n) is 12.0. The minimum atomic E-state index is 0.623. The zero-order valence-corrected chi connectivity index (χ0v) is 12.0. The van der Waals surface area contributed by atoms with Crippen molar-refractivity contribution >= 4 is 0 Å². The maximum atomic E-state index is 3.56. The SMILES string of the molecule is CCNC(C)C(C)N1CCC2(CCCC2)CC1. The van der Waals surface area contributed by atoms with Crippen LogP contribution in [0.1, 0.15) is 59.3 Å². The Labute approximate surface area is 107 Å². The lowest BCUT2D eigenvalue weighted by molar-refractivity contribution is 0.0700. The van der Waals surface area contributed by atoms with Crippen molar-refractivity contribution in [3.63, 3.8) is 0 Å². The molecule has 1 heterocycles. The summed E-state index contributed by atoms with van der Waals surface area (Å²) in [7, 11) is 0. The van der Waals surface area contributed by atoms with E-state index in [0.717, 1.165) is 12.0 Å². The summed E-state index contributed by atoms with van der Waals surface area (Å²) in [6.07, 6.45) is 8.91. The molecule has 0 bridgehead atoms. The Morgan fingerprint density at radius 2 is 1.65 bits per heavy atom. The van der Waals surface area contributed by atoms with Gasteiger partial charge in [-0.1, -0.05) is 19.8 Å². The molecular weight excluding hydrogens is 208 g/mol. The van der Waals surface area contributed by atoms with Gasteiger partial charge in [-0.25, -0.2) is 0 Å². The van der Waals surface area contributed by atoms with Crippen LogP contribution in [0.2, 0.25) is 0 Å². The van der Waals surface area contributed by atoms with E-state index in [-0.39, 0.29) is 0 Å². The Bertz CT molecular complexity index is 223. The lowest BCUT2D eigenvalue weighted by Crippen LogP contribution is -2.51. The summed E-state index contributed by atoms with van der Waals surface area (Å²) in [5.41, 5.74) is 0.762. The first kappa shape index (κ1) is 13.4. The molecule has 1 saturated heterocycles. The summed E-state index contributed by atoms with van der Waals surface area (Å²) in [5.74, 6) is 0. The number of nitrogens with zero attached hydrogens (tertiary/aromatic N) is 1. The Morgan fingerprint density at radius 3 is 2.18 bits per heavy atom. The molecule has 1 spiro atoms. The fraction of sp³-hybridized carbons (Fsp3) is 1.00. The van der Waals surface area contributed by atoms with E-state index in [0.29, 0.717) is 12.1 Å². The van der Waals surface area contributed by atoms with Gasteiger partial charge in [0.2, 0.25) is 0 Å². The second-order valence-electron chi connectivity index (χ2n) is 6.33. The van der Waals surface area contributed by atoms with Gasteiger partial charge < -0.3 is 5.32 Å². The molecule has 2 heteroatoms. The van der Waals surface area contributed by atoms with Crippen LogP contribution in [0.3, 0.4) is 0 Å². The molecule has 2 aliphatic rings. The molecule has 2 rings (SSSR count). The molecule has 1 aliphatic carbocycles. The van der Waals surface area contributed by atoms with Gasteiger partial charge in [0, 0.05) is 12.1 Å². The lowest BCUT2D eigenvalue weighted by Gasteiger charge is -2.43. The summed E-state index contributed by atoms with van der Waals surface area (Å²) in [5, 5.41) is 3.56. The monoisotopic (exact) mass is 238 g/mol. The van der Waals surface area contributed by atoms with Crippen LogP contribution < -0.4 is 5.32 Å². The summed E-state index contributed by atoms with van der Waals surface area (Å²) < 4.78 is 0. The smallest absolute Gasteiger partial charge is 0.0218 e. The van der Waals surface area contributed by atoms with E-state index in [2.05, 4.69) is 31.0 Å². The van der Waals surface area contributed by atoms with Gasteiger partial charge in [-0.05, 0) is 64.6 Å². The number of likely N-dealkylation sites (tertiary alicyclic amines) is 1. The molecule has 1 aliphatic heterocycles. The standard InChI is InChI=1S/C15H30N2/c1-4-16-13(2)14(3)17-11-9-15(10-12-17)7-5-6-8-15/h13-14,16H,4-12H2,1-3H3. The molecule has 2 atom stereocenters. The van der Waals surface area contributed by atoms with Crippen molar-refractivity contribution in [1.82, 2.24) is 10.2 Å². The third-order valence-electron chi connectivity index (χ3n) is 5.35. The highest BCUT2D eigenvalue weighted by Gasteiger charge is 2.38. The number of piperidine rings is 1. The zero-order chi connectivity index (χ0) is 12.3. The third-order valence-corrected chi connectivity index (χ3v) is 5.35. The van der Waals surface area contributed by atoms with Gasteiger partial charge in [0.25, 0.3) is 0 Å². The first-order valence-corrected chi connectivity index (χ1v) is 7.64. The Kier molecular flexibility index (Phi) is 4.48. The van der Waals surface area contributed by atoms with Crippen LogP contribution in [0.5, 0.6) is 0 Å². The van der Waals surface area contributed by atoms with Crippen molar-refractivity contribution in [2.45, 2.75) is 71.4 Å². The van der Waals surface area contributed by atoms with Crippen molar-refractivity contribution < 1.29 is 0 Å². The van der Waals surface area contributed by atoms with Crippen molar-refractivity contribution in [3.05, 3.63) is 0 Å². The molecule has 1 N–H and O–H groups in total. The molecule has 17 heavy (non-hydrogen) atoms. The quantitative estimate of drug-likeness (QED) is 0.810. The minimum Gasteiger partial charge on any atom is -0.313 e. The highest BCUT2D eigenvalue weighted by atomic mass is 15.2. The number of hydrogen-bond acceptors (Lipinski definition) is 2. The van der Waals surface area contributed by atoms with Crippen molar-refractivity contribution in [2.75, 3.05) is 19.6 Å². The molecule has 2 fully saturated rings. The van der Waals surface area contributed by atoms with Crippen molar-refractivity contribution in [2.24, 2.45) is 5.41 Å². The second-order valence-corrected chi connectivity index (χ2v) is 6.33. The van der Waals surface area contributed by atoms with E-state index in [1.165, 1.54) is 51.6 Å². The molecule has 0 radical (unpaired) electrons. The summed E-state index contributed by atoms with van der Waals surface area (Å²) in [4.78, 5) is 2.71. The first-order valence-electron chi connectivity index (χ1n) is 7.64. The minimum absolute atomic E-state index is 0.623. The van der Waals surface area contributed by atoms with Gasteiger partial charge in [-0.3, -0.25) is 4.90 Å². The fourth-order valence-corrected chi connectivity index (χ4v) is 3.84. The van der Waals surface area contributed by atoms with Gasteiger partial charge in [0.15, 0.2) is 0 Å². The number of nitrogens with one attached hydrogen (secondary N) is 1. The van der Waals surface area contributed by atoms with Crippen molar-refractivity contribution in [3.8, 4) is 0 Å². The summed E-state index contributed by atoms with van der Waals surface area (Å²) >= 11 is 0. The van der Waals surface area contributed by atoms with E-state index in [4.69, 9.17) is 0 Å². The second kappa shape index (κ2) is 5.71. The Morgan fingerprint density at radius 1 is 1.06 bits per heavy atom. The van der Waals surface area contributed by atoms with E-state index in [9.17, 15) is 0 Å². The molecule has 0 aromatic carbocycles. The molecule has 1 saturated carbocycles. The summed E-state index contributed by atoms with van der Waals surface area (Å²) in [6, 6.07) is 1.31. The van der Waals surface area contributed by atoms with Gasteiger partial charge >= 0.3 is 0 Å². The fourth-order valence-electron chi connectivity index (χ4n) is 3.84. The maximum Gasteiger partial charge on any atom is 0.0218 e. The molecule has 2 unspecified atom stereocenters. The topological polar surface area (TPSA) is 15.3 Å². The van der Waals surface area contributed by atoms with Crippen LogP contribution in [-0.2, 0) is 0 Å². The van der Waals surface area contributed by atoms with Crippen LogP contribution in [0.15, 0.2) is 0 Å². The lowest BCUT2D eigenvalue weighted by atomic mass is 9.76. The molecule has 0 aromatic rings. The highest BCUT2D eigenvalue weighted by molar-refractivity contribution is 4.92. The Balaban J connectivity index is 1.81. The summed E-state index contributed by atoms with van der Waals surface area (Å²) in [6.45, 7) is 10.7. The van der Waals surface area contributed by atoms with E-state index in [1.807, 2.05) is 0 Å². The predicted molar refractivity (Wildman–Crippen MR) is 74.3 cm³/mol. The number of hydrogen-bond donors (Lipinski definition) is 1. The van der Waals surface area contributed by atoms with Gasteiger partial charge in [0.1, 0.15) is 0 Å². The predicted octanol–water partition coefficient (Wildman–Crippen LogP) is 3.03. The van der Waals surface area contributed by atoms with Crippen LogP contribution in [0.4, 0.5) is 0 Å². The van der Waals surface area contributed by atoms with Crippen LogP contribution in [0.25, 0.3) is 0 Å². The largest absolute Gasteiger partial charge is 0.313 e. The van der Waals surface area contributed by atoms with Crippen LogP contribution in [0, 0.1) is 5.41 Å². The first-order chi connectivity index (χ1) is 8.17. The molecule has 100 valence electrons. The van der Waals surface area contributed by atoms with Crippen molar-refractivity contribution in [1.29, 1.82) is 0 Å². The average molecular weight is 238 g/mol.